The molecule has 0 aromatic heterocycles. The van der Waals surface area contributed by atoms with E-state index in [1.165, 1.54) is 6.92 Å². The molecule has 0 heterocycles. The fourth-order valence-corrected chi connectivity index (χ4v) is 0.618. The van der Waals surface area contributed by atoms with E-state index >= 15 is 0 Å². The van der Waals surface area contributed by atoms with E-state index in [1.807, 2.05) is 0 Å². The molecule has 6 heteroatoms. The summed E-state index contributed by atoms with van der Waals surface area (Å²) < 4.78 is 0. The Morgan fingerprint density at radius 2 is 1.50 bits per heavy atom. The molecule has 0 amide bonds. The lowest BCUT2D eigenvalue weighted by Crippen LogP contribution is -2.46. The van der Waals surface area contributed by atoms with Crippen molar-refractivity contribution in [3.05, 3.63) is 0 Å². The van der Waals surface area contributed by atoms with E-state index in [9.17, 15) is 4.79 Å². The zero-order chi connectivity index (χ0) is 9.89. The highest BCUT2D eigenvalue weighted by Crippen LogP contribution is 2.04. The molecule has 0 saturated carbocycles. The van der Waals surface area contributed by atoms with Crippen LogP contribution in [-0.2, 0) is 4.79 Å². The second-order valence-electron chi connectivity index (χ2n) is 2.50. The van der Waals surface area contributed by atoms with Gasteiger partial charge in [-0.25, -0.2) is 4.79 Å². The second kappa shape index (κ2) is 4.36. The monoisotopic (exact) mass is 180 g/mol. The van der Waals surface area contributed by atoms with Gasteiger partial charge in [-0.3, -0.25) is 0 Å². The summed E-state index contributed by atoms with van der Waals surface area (Å²) in [5.74, 6) is -1.65. The molecule has 0 bridgehead atoms. The van der Waals surface area contributed by atoms with Crippen molar-refractivity contribution in [1.82, 2.24) is 0 Å². The van der Waals surface area contributed by atoms with Gasteiger partial charge in [0.05, 0.1) is 6.10 Å². The lowest BCUT2D eigenvalue weighted by atomic mass is 10.0. The summed E-state index contributed by atoms with van der Waals surface area (Å²) in [6.07, 6.45) is -6.94. The third kappa shape index (κ3) is 2.74. The molecule has 0 radical (unpaired) electrons. The standard InChI is InChI=1S/C6H12O6/c1-2(7)3(8)4(9)5(10)6(11)12/h2-5,7-10H,1H3,(H,11,12)/t2?,3-,4-,5+/m0/s1. The van der Waals surface area contributed by atoms with Crippen LogP contribution in [-0.4, -0.2) is 55.9 Å². The van der Waals surface area contributed by atoms with Crippen LogP contribution in [0.15, 0.2) is 0 Å². The number of carboxylic acids is 1. The highest BCUT2D eigenvalue weighted by atomic mass is 16.4. The van der Waals surface area contributed by atoms with Crippen molar-refractivity contribution in [3.63, 3.8) is 0 Å². The maximum atomic E-state index is 10.1. The van der Waals surface area contributed by atoms with Gasteiger partial charge in [0.2, 0.25) is 0 Å². The lowest BCUT2D eigenvalue weighted by molar-refractivity contribution is -0.162. The molecule has 0 aliphatic rings. The van der Waals surface area contributed by atoms with Gasteiger partial charge in [0.15, 0.2) is 6.10 Å². The predicted molar refractivity (Wildman–Crippen MR) is 37.3 cm³/mol. The smallest absolute Gasteiger partial charge is 0.335 e. The Morgan fingerprint density at radius 3 is 1.75 bits per heavy atom. The maximum Gasteiger partial charge on any atom is 0.335 e. The number of rotatable bonds is 4. The minimum absolute atomic E-state index is 1.17. The Labute approximate surface area is 68.7 Å². The summed E-state index contributed by atoms with van der Waals surface area (Å²) in [4.78, 5) is 10.1. The fraction of sp³-hybridized carbons (Fsp3) is 0.833. The minimum Gasteiger partial charge on any atom is -0.479 e. The third-order valence-electron chi connectivity index (χ3n) is 1.42. The van der Waals surface area contributed by atoms with Gasteiger partial charge >= 0.3 is 5.97 Å². The first-order valence-electron chi connectivity index (χ1n) is 3.33. The minimum atomic E-state index is -2.09. The fourth-order valence-electron chi connectivity index (χ4n) is 0.618. The first-order valence-corrected chi connectivity index (χ1v) is 3.33. The Hall–Kier alpha value is -0.690. The Bertz CT molecular complexity index is 156. The Morgan fingerprint density at radius 1 is 1.08 bits per heavy atom. The number of aliphatic carboxylic acids is 1. The number of hydrogen-bond acceptors (Lipinski definition) is 5. The summed E-state index contributed by atoms with van der Waals surface area (Å²) >= 11 is 0. The van der Waals surface area contributed by atoms with Gasteiger partial charge in [-0.2, -0.15) is 0 Å². The molecular formula is C6H12O6. The molecule has 0 saturated heterocycles. The van der Waals surface area contributed by atoms with E-state index in [0.29, 0.717) is 0 Å². The zero-order valence-corrected chi connectivity index (χ0v) is 6.45. The molecular weight excluding hydrogens is 168 g/mol. The first kappa shape index (κ1) is 11.3. The molecule has 12 heavy (non-hydrogen) atoms. The predicted octanol–water partition coefficient (Wildman–Crippen LogP) is -2.47. The first-order chi connectivity index (χ1) is 5.37. The lowest BCUT2D eigenvalue weighted by Gasteiger charge is -2.21. The molecule has 0 aromatic rings. The molecule has 0 rings (SSSR count). The number of aliphatic hydroxyl groups excluding tert-OH is 4. The van der Waals surface area contributed by atoms with Gasteiger partial charge in [-0.05, 0) is 6.92 Å². The number of carboxylic acid groups (broad SMARTS) is 1. The van der Waals surface area contributed by atoms with Gasteiger partial charge in [-0.15, -0.1) is 0 Å². The normalized spacial score (nSPS) is 21.1. The maximum absolute atomic E-state index is 10.1. The average Bonchev–Trinajstić information content (AvgIpc) is 2.00. The summed E-state index contributed by atoms with van der Waals surface area (Å²) in [5, 5.41) is 43.4. The topological polar surface area (TPSA) is 118 Å². The van der Waals surface area contributed by atoms with Crippen LogP contribution in [0, 0.1) is 0 Å². The van der Waals surface area contributed by atoms with Crippen molar-refractivity contribution in [1.29, 1.82) is 0 Å². The van der Waals surface area contributed by atoms with Crippen LogP contribution in [0.2, 0.25) is 0 Å². The van der Waals surface area contributed by atoms with Gasteiger partial charge in [0.1, 0.15) is 12.2 Å². The summed E-state index contributed by atoms with van der Waals surface area (Å²) in [6.45, 7) is 1.17. The summed E-state index contributed by atoms with van der Waals surface area (Å²) in [6, 6.07) is 0. The van der Waals surface area contributed by atoms with Gasteiger partial charge in [-0.1, -0.05) is 0 Å². The van der Waals surface area contributed by atoms with Crippen molar-refractivity contribution < 1.29 is 30.3 Å². The van der Waals surface area contributed by atoms with E-state index < -0.39 is 30.4 Å². The van der Waals surface area contributed by atoms with Crippen LogP contribution >= 0.6 is 0 Å². The molecule has 5 N–H and O–H groups in total. The molecule has 6 nitrogen and oxygen atoms in total. The van der Waals surface area contributed by atoms with Crippen LogP contribution in [0.4, 0.5) is 0 Å². The highest BCUT2D eigenvalue weighted by Gasteiger charge is 2.32. The molecule has 0 aromatic carbocycles. The molecule has 0 aliphatic heterocycles. The van der Waals surface area contributed by atoms with Crippen molar-refractivity contribution in [3.8, 4) is 0 Å². The van der Waals surface area contributed by atoms with Crippen molar-refractivity contribution in [2.24, 2.45) is 0 Å². The quantitative estimate of drug-likeness (QED) is 0.327. The van der Waals surface area contributed by atoms with E-state index in [-0.39, 0.29) is 0 Å². The van der Waals surface area contributed by atoms with Crippen molar-refractivity contribution in [2.45, 2.75) is 31.3 Å². The van der Waals surface area contributed by atoms with Crippen LogP contribution < -0.4 is 0 Å². The summed E-state index contributed by atoms with van der Waals surface area (Å²) in [5.41, 5.74) is 0. The largest absolute Gasteiger partial charge is 0.479 e. The van der Waals surface area contributed by atoms with Crippen molar-refractivity contribution >= 4 is 5.97 Å². The highest BCUT2D eigenvalue weighted by molar-refractivity contribution is 5.72. The van der Waals surface area contributed by atoms with Gasteiger partial charge in [0, 0.05) is 0 Å². The second-order valence-corrected chi connectivity index (χ2v) is 2.50. The SMILES string of the molecule is CC(O)[C@H](O)[C@H](O)[C@@H](O)C(=O)O. The third-order valence-corrected chi connectivity index (χ3v) is 1.42. The van der Waals surface area contributed by atoms with Gasteiger partial charge < -0.3 is 25.5 Å². The average molecular weight is 180 g/mol. The molecule has 1 unspecified atom stereocenters. The van der Waals surface area contributed by atoms with E-state index in [4.69, 9.17) is 25.5 Å². The van der Waals surface area contributed by atoms with Crippen molar-refractivity contribution in [2.75, 3.05) is 0 Å². The van der Waals surface area contributed by atoms with Crippen LogP contribution in [0.5, 0.6) is 0 Å². The molecule has 72 valence electrons. The van der Waals surface area contributed by atoms with E-state index in [2.05, 4.69) is 0 Å². The number of aliphatic hydroxyl groups is 4. The molecule has 0 aliphatic carbocycles. The number of carbonyl (C=O) groups is 1. The molecule has 0 fully saturated rings. The van der Waals surface area contributed by atoms with Crippen LogP contribution in [0.25, 0.3) is 0 Å². The number of hydrogen-bond donors (Lipinski definition) is 5. The Balaban J connectivity index is 4.18. The molecule has 0 spiro atoms. The van der Waals surface area contributed by atoms with Gasteiger partial charge in [0.25, 0.3) is 0 Å². The summed E-state index contributed by atoms with van der Waals surface area (Å²) in [7, 11) is 0. The van der Waals surface area contributed by atoms with E-state index in [1.54, 1.807) is 0 Å². The van der Waals surface area contributed by atoms with Crippen LogP contribution in [0.1, 0.15) is 6.92 Å². The Kier molecular flexibility index (Phi) is 4.11. The zero-order valence-electron chi connectivity index (χ0n) is 6.45. The van der Waals surface area contributed by atoms with E-state index in [0.717, 1.165) is 0 Å². The molecule has 4 atom stereocenters. The van der Waals surface area contributed by atoms with Crippen LogP contribution in [0.3, 0.4) is 0 Å².